The lowest BCUT2D eigenvalue weighted by atomic mass is 9.98. The predicted octanol–water partition coefficient (Wildman–Crippen LogP) is 5.94. The van der Waals surface area contributed by atoms with Gasteiger partial charge in [0.25, 0.3) is 0 Å². The molecule has 0 aliphatic carbocycles. The summed E-state index contributed by atoms with van der Waals surface area (Å²) in [5.41, 5.74) is 8.17. The van der Waals surface area contributed by atoms with E-state index >= 15 is 0 Å². The van der Waals surface area contributed by atoms with E-state index in [1.54, 1.807) is 30.5 Å². The van der Waals surface area contributed by atoms with Crippen LogP contribution < -0.4 is 15.8 Å². The smallest absolute Gasteiger partial charge is 0.446 e. The number of rotatable bonds is 13. The third-order valence-corrected chi connectivity index (χ3v) is 11.3. The van der Waals surface area contributed by atoms with Gasteiger partial charge in [0.05, 0.1) is 44.5 Å². The Morgan fingerprint density at radius 1 is 1.15 bits per heavy atom. The molecule has 0 fully saturated rings. The first-order valence-electron chi connectivity index (χ1n) is 13.1. The van der Waals surface area contributed by atoms with Crippen molar-refractivity contribution in [2.75, 3.05) is 37.3 Å². The van der Waals surface area contributed by atoms with Crippen LogP contribution in [0.15, 0.2) is 56.5 Å². The second kappa shape index (κ2) is 17.4. The van der Waals surface area contributed by atoms with Crippen molar-refractivity contribution in [1.82, 2.24) is 0 Å². The minimum Gasteiger partial charge on any atom is -0.497 e. The van der Waals surface area contributed by atoms with Crippen LogP contribution in [0.1, 0.15) is 23.3 Å². The molecule has 10 nitrogen and oxygen atoms in total. The zero-order valence-corrected chi connectivity index (χ0v) is 28.4. The van der Waals surface area contributed by atoms with Gasteiger partial charge in [-0.25, -0.2) is 8.42 Å². The van der Waals surface area contributed by atoms with Crippen LogP contribution in [0, 0.1) is 12.3 Å². The van der Waals surface area contributed by atoms with Gasteiger partial charge in [0, 0.05) is 18.1 Å². The van der Waals surface area contributed by atoms with E-state index in [1.165, 1.54) is 61.2 Å². The summed E-state index contributed by atoms with van der Waals surface area (Å²) in [4.78, 5) is 33.4. The minimum absolute atomic E-state index is 0.0851. The van der Waals surface area contributed by atoms with Crippen LogP contribution in [0.25, 0.3) is 11.1 Å². The van der Waals surface area contributed by atoms with Gasteiger partial charge < -0.3 is 20.5 Å². The van der Waals surface area contributed by atoms with Crippen molar-refractivity contribution in [2.45, 2.75) is 39.9 Å². The van der Waals surface area contributed by atoms with Crippen LogP contribution in [0.5, 0.6) is 5.75 Å². The van der Waals surface area contributed by atoms with E-state index in [0.717, 1.165) is 5.56 Å². The monoisotopic (exact) mass is 719 g/mol. The first kappa shape index (κ1) is 38.6. The van der Waals surface area contributed by atoms with E-state index in [-0.39, 0.29) is 33.3 Å². The van der Waals surface area contributed by atoms with Gasteiger partial charge in [-0.3, -0.25) is 19.8 Å². The summed E-state index contributed by atoms with van der Waals surface area (Å²) in [6.45, 7) is 1.86. The van der Waals surface area contributed by atoms with Crippen LogP contribution in [-0.2, 0) is 29.0 Å². The number of thiophene rings is 1. The highest BCUT2D eigenvalue weighted by Crippen LogP contribution is 2.40. The zero-order chi connectivity index (χ0) is 34.7. The van der Waals surface area contributed by atoms with E-state index in [4.69, 9.17) is 20.7 Å². The van der Waals surface area contributed by atoms with E-state index in [0.29, 0.717) is 50.2 Å². The molecule has 1 aromatic heterocycles. The summed E-state index contributed by atoms with van der Waals surface area (Å²) in [7, 11) is -1.05. The summed E-state index contributed by atoms with van der Waals surface area (Å²) in [6, 6.07) is 11.5. The summed E-state index contributed by atoms with van der Waals surface area (Å²) in [5, 5.41) is 10.7. The lowest BCUT2D eigenvalue weighted by Gasteiger charge is -2.17. The number of nitrogens with two attached hydrogens (primary N) is 1. The van der Waals surface area contributed by atoms with Gasteiger partial charge in [-0.15, -0.1) is 23.1 Å². The number of nitrogen functional groups attached to an aromatic ring is 1. The topological polar surface area (TPSA) is 166 Å². The maximum absolute atomic E-state index is 13.7. The quantitative estimate of drug-likeness (QED) is 0.0481. The number of hydrogen-bond acceptors (Lipinski definition) is 11. The molecule has 2 aromatic carbocycles. The number of thioether (sulfide) groups is 2. The van der Waals surface area contributed by atoms with E-state index in [9.17, 15) is 31.2 Å². The van der Waals surface area contributed by atoms with Gasteiger partial charge >= 0.3 is 12.1 Å². The second-order valence-electron chi connectivity index (χ2n) is 9.22. The van der Waals surface area contributed by atoms with Crippen LogP contribution in [0.3, 0.4) is 0 Å². The Morgan fingerprint density at radius 2 is 1.83 bits per heavy atom. The lowest BCUT2D eigenvalue weighted by Crippen LogP contribution is -2.15. The molecule has 0 saturated heterocycles. The number of esters is 1. The number of benzene rings is 2. The number of aldehydes is 1. The molecule has 0 bridgehead atoms. The number of alkyl halides is 3. The van der Waals surface area contributed by atoms with Gasteiger partial charge in [0.15, 0.2) is 0 Å². The molecule has 46 heavy (non-hydrogen) atoms. The molecule has 0 aliphatic heterocycles. The van der Waals surface area contributed by atoms with Crippen molar-refractivity contribution in [3.63, 3.8) is 0 Å². The first-order valence-corrected chi connectivity index (χ1v) is 17.8. The molecule has 0 atom stereocenters. The molecule has 4 N–H and O–H groups in total. The predicted molar refractivity (Wildman–Crippen MR) is 175 cm³/mol. The Balaban J connectivity index is 0.00000112. The number of amidine groups is 1. The SMILES string of the molecule is COC(=O)CCCSCC(=O)Nc1cc(OC)cc(C)c1-c1cccc(S(=O)(=O)c2cc(C(=N)N)sc2SC)c1.O=CC(F)(F)F. The Labute approximate surface area is 277 Å². The molecule has 3 aromatic rings. The van der Waals surface area contributed by atoms with Crippen LogP contribution in [0.4, 0.5) is 18.9 Å². The summed E-state index contributed by atoms with van der Waals surface area (Å²) in [5.74, 6) is 0.642. The molecule has 0 aliphatic rings. The molecule has 1 heterocycles. The Bertz CT molecular complexity index is 1680. The number of carbonyl (C=O) groups excluding carboxylic acids is 3. The highest BCUT2D eigenvalue weighted by molar-refractivity contribution is 8.01. The molecule has 0 saturated carbocycles. The van der Waals surface area contributed by atoms with Gasteiger partial charge in [-0.05, 0) is 60.7 Å². The molecule has 0 spiro atoms. The molecule has 250 valence electrons. The fraction of sp³-hybridized carbons (Fsp3) is 0.310. The first-order chi connectivity index (χ1) is 21.6. The second-order valence-corrected chi connectivity index (χ2v) is 14.4. The van der Waals surface area contributed by atoms with Crippen molar-refractivity contribution in [1.29, 1.82) is 5.41 Å². The Morgan fingerprint density at radius 3 is 2.39 bits per heavy atom. The van der Waals surface area contributed by atoms with Crippen molar-refractivity contribution in [3.05, 3.63) is 52.9 Å². The normalized spacial score (nSPS) is 11.2. The third kappa shape index (κ3) is 11.1. The average Bonchev–Trinajstić information content (AvgIpc) is 3.46. The highest BCUT2D eigenvalue weighted by atomic mass is 32.2. The van der Waals surface area contributed by atoms with E-state index in [1.807, 2.05) is 13.0 Å². The number of anilines is 1. The van der Waals surface area contributed by atoms with Gasteiger partial charge in [0.1, 0.15) is 11.6 Å². The third-order valence-electron chi connectivity index (χ3n) is 5.92. The van der Waals surface area contributed by atoms with Crippen LogP contribution >= 0.6 is 34.9 Å². The number of nitrogens with one attached hydrogen (secondary N) is 2. The number of methoxy groups -OCH3 is 2. The van der Waals surface area contributed by atoms with Crippen molar-refractivity contribution < 1.29 is 45.4 Å². The maximum Gasteiger partial charge on any atom is 0.446 e. The molecule has 0 radical (unpaired) electrons. The van der Waals surface area contributed by atoms with Gasteiger partial charge in [-0.2, -0.15) is 24.9 Å². The standard InChI is InChI=1S/C27H31N3O6S4.C2HF3O/c1-16-11-18(35-2)13-20(30-23(31)15-38-10-6-9-24(32)36-3)25(16)17-7-5-8-19(12-17)40(33,34)22-14-21(26(28)29)39-27(22)37-4;3-2(4,5)1-6/h5,7-8,11-14H,6,9-10,15H2,1-4H3,(H3,28,29)(H,30,31);1H. The molecule has 3 rings (SSSR count). The Hall–Kier alpha value is -3.54. The van der Waals surface area contributed by atoms with Gasteiger partial charge in [0.2, 0.25) is 22.0 Å². The fourth-order valence-electron chi connectivity index (χ4n) is 3.89. The average molecular weight is 720 g/mol. The van der Waals surface area contributed by atoms with Crippen LogP contribution in [0.2, 0.25) is 0 Å². The number of sulfone groups is 1. The number of carbonyl (C=O) groups is 3. The van der Waals surface area contributed by atoms with Crippen molar-refractivity contribution >= 4 is 74.4 Å². The van der Waals surface area contributed by atoms with Crippen LogP contribution in [-0.4, -0.2) is 70.6 Å². The number of ether oxygens (including phenoxy) is 2. The molecular formula is C29H32F3N3O7S4. The summed E-state index contributed by atoms with van der Waals surface area (Å²) < 4.78 is 69.2. The largest absolute Gasteiger partial charge is 0.497 e. The van der Waals surface area contributed by atoms with Gasteiger partial charge in [-0.1, -0.05) is 12.1 Å². The Kier molecular flexibility index (Phi) is 14.6. The number of aryl methyl sites for hydroxylation is 1. The number of hydrogen-bond donors (Lipinski definition) is 3. The maximum atomic E-state index is 13.7. The summed E-state index contributed by atoms with van der Waals surface area (Å²) in [6.07, 6.45) is -3.03. The lowest BCUT2D eigenvalue weighted by molar-refractivity contribution is -0.156. The van der Waals surface area contributed by atoms with Crippen molar-refractivity contribution in [2.24, 2.45) is 5.73 Å². The molecular weight excluding hydrogens is 688 g/mol. The number of halogens is 3. The summed E-state index contributed by atoms with van der Waals surface area (Å²) >= 11 is 3.85. The van der Waals surface area contributed by atoms with E-state index < -0.39 is 22.3 Å². The molecule has 17 heteroatoms. The highest BCUT2D eigenvalue weighted by Gasteiger charge is 2.26. The van der Waals surface area contributed by atoms with E-state index in [2.05, 4.69) is 10.1 Å². The minimum atomic E-state index is -4.64. The number of amides is 1. The fourth-order valence-corrected chi connectivity index (χ4v) is 8.54. The molecule has 1 amide bonds. The van der Waals surface area contributed by atoms with Crippen molar-refractivity contribution in [3.8, 4) is 16.9 Å². The molecule has 0 unspecified atom stereocenters. The zero-order valence-electron chi connectivity index (χ0n) is 25.1.